The predicted octanol–water partition coefficient (Wildman–Crippen LogP) is 3.48. The molecule has 0 unspecified atom stereocenters. The Balaban J connectivity index is 1.74. The number of hydrogen-bond acceptors (Lipinski definition) is 3. The molecule has 148 valence electrons. The van der Waals surface area contributed by atoms with Gasteiger partial charge in [-0.25, -0.2) is 0 Å². The van der Waals surface area contributed by atoms with Gasteiger partial charge in [0.25, 0.3) is 0 Å². The molecule has 5 nitrogen and oxygen atoms in total. The summed E-state index contributed by atoms with van der Waals surface area (Å²) in [5.41, 5.74) is 2.89. The first kappa shape index (κ1) is 19.9. The molecule has 0 bridgehead atoms. The van der Waals surface area contributed by atoms with E-state index in [4.69, 9.17) is 0 Å². The lowest BCUT2D eigenvalue weighted by molar-refractivity contribution is -0.130. The van der Waals surface area contributed by atoms with E-state index < -0.39 is 0 Å². The van der Waals surface area contributed by atoms with Gasteiger partial charge in [-0.1, -0.05) is 35.9 Å². The van der Waals surface area contributed by atoms with Crippen molar-refractivity contribution in [3.63, 3.8) is 0 Å². The lowest BCUT2D eigenvalue weighted by atomic mass is 10.1. The van der Waals surface area contributed by atoms with Gasteiger partial charge in [0.2, 0.25) is 11.8 Å². The number of para-hydroxylation sites is 1. The van der Waals surface area contributed by atoms with Crippen LogP contribution in [0.5, 0.6) is 0 Å². The van der Waals surface area contributed by atoms with Gasteiger partial charge in [0.1, 0.15) is 0 Å². The van der Waals surface area contributed by atoms with Crippen molar-refractivity contribution in [1.82, 2.24) is 4.90 Å². The Bertz CT molecular complexity index is 783. The number of likely N-dealkylation sites (N-methyl/N-ethyl adjacent to an activating group) is 1. The first-order chi connectivity index (χ1) is 13.5. The highest BCUT2D eigenvalue weighted by Gasteiger charge is 2.22. The van der Waals surface area contributed by atoms with E-state index in [0.29, 0.717) is 0 Å². The molecule has 2 aromatic carbocycles. The number of likely N-dealkylation sites (tertiary alicyclic amines) is 1. The van der Waals surface area contributed by atoms with Crippen molar-refractivity contribution in [2.45, 2.75) is 26.2 Å². The van der Waals surface area contributed by atoms with Gasteiger partial charge in [-0.15, -0.1) is 0 Å². The highest BCUT2D eigenvalue weighted by molar-refractivity contribution is 5.97. The van der Waals surface area contributed by atoms with Crippen molar-refractivity contribution >= 4 is 23.2 Å². The van der Waals surface area contributed by atoms with Gasteiger partial charge in [0.15, 0.2) is 0 Å². The summed E-state index contributed by atoms with van der Waals surface area (Å²) in [6.45, 7) is 4.05. The Morgan fingerprint density at radius 3 is 2.14 bits per heavy atom. The van der Waals surface area contributed by atoms with E-state index >= 15 is 0 Å². The number of amides is 2. The fraction of sp³-hybridized carbons (Fsp3) is 0.391. The van der Waals surface area contributed by atoms with Crippen molar-refractivity contribution in [2.75, 3.05) is 43.0 Å². The van der Waals surface area contributed by atoms with E-state index in [9.17, 15) is 9.59 Å². The summed E-state index contributed by atoms with van der Waals surface area (Å²) < 4.78 is 0. The van der Waals surface area contributed by atoms with Gasteiger partial charge in [-0.2, -0.15) is 0 Å². The standard InChI is InChI=1S/C23H29N3O2/c1-19-11-13-21(14-12-19)26(18-23(28)25-15-7-4-8-16-25)17-22(27)24(2)20-9-5-3-6-10-20/h3,5-6,9-14H,4,7-8,15-18H2,1-2H3. The number of hydrogen-bond donors (Lipinski definition) is 0. The minimum atomic E-state index is -0.0433. The minimum Gasteiger partial charge on any atom is -0.353 e. The molecule has 0 saturated carbocycles. The van der Waals surface area contributed by atoms with Gasteiger partial charge < -0.3 is 14.7 Å². The molecule has 5 heteroatoms. The highest BCUT2D eigenvalue weighted by atomic mass is 16.2. The molecule has 0 radical (unpaired) electrons. The quantitative estimate of drug-likeness (QED) is 0.772. The monoisotopic (exact) mass is 379 g/mol. The number of rotatable bonds is 6. The Labute approximate surface area is 167 Å². The number of piperidine rings is 1. The fourth-order valence-electron chi connectivity index (χ4n) is 3.47. The molecule has 0 N–H and O–H groups in total. The van der Waals surface area contributed by atoms with Gasteiger partial charge in [-0.05, 0) is 50.5 Å². The van der Waals surface area contributed by atoms with Crippen LogP contribution in [0.2, 0.25) is 0 Å². The third kappa shape index (κ3) is 5.12. The SMILES string of the molecule is Cc1ccc(N(CC(=O)N2CCCCC2)CC(=O)N(C)c2ccccc2)cc1. The van der Waals surface area contributed by atoms with Crippen LogP contribution in [0.15, 0.2) is 54.6 Å². The molecule has 0 spiro atoms. The van der Waals surface area contributed by atoms with E-state index in [1.54, 1.807) is 11.9 Å². The molecular weight excluding hydrogens is 350 g/mol. The average molecular weight is 380 g/mol. The van der Waals surface area contributed by atoms with Gasteiger partial charge in [-0.3, -0.25) is 9.59 Å². The number of anilines is 2. The van der Waals surface area contributed by atoms with E-state index in [-0.39, 0.29) is 24.9 Å². The second-order valence-corrected chi connectivity index (χ2v) is 7.42. The number of aryl methyl sites for hydroxylation is 1. The second kappa shape index (κ2) is 9.40. The van der Waals surface area contributed by atoms with Crippen LogP contribution in [0, 0.1) is 6.92 Å². The summed E-state index contributed by atoms with van der Waals surface area (Å²) in [6, 6.07) is 17.6. The first-order valence-electron chi connectivity index (χ1n) is 9.95. The van der Waals surface area contributed by atoms with Crippen LogP contribution in [-0.2, 0) is 9.59 Å². The van der Waals surface area contributed by atoms with Crippen LogP contribution < -0.4 is 9.80 Å². The van der Waals surface area contributed by atoms with Crippen LogP contribution in [0.4, 0.5) is 11.4 Å². The largest absolute Gasteiger partial charge is 0.353 e. The Morgan fingerprint density at radius 1 is 0.857 bits per heavy atom. The molecule has 1 heterocycles. The zero-order valence-electron chi connectivity index (χ0n) is 16.8. The van der Waals surface area contributed by atoms with Crippen molar-refractivity contribution in [1.29, 1.82) is 0 Å². The molecule has 0 aromatic heterocycles. The maximum atomic E-state index is 12.9. The summed E-state index contributed by atoms with van der Waals surface area (Å²) >= 11 is 0. The summed E-state index contributed by atoms with van der Waals surface area (Å²) in [4.78, 5) is 31.2. The van der Waals surface area contributed by atoms with Gasteiger partial charge in [0, 0.05) is 31.5 Å². The van der Waals surface area contributed by atoms with E-state index in [2.05, 4.69) is 0 Å². The van der Waals surface area contributed by atoms with Crippen LogP contribution in [0.25, 0.3) is 0 Å². The molecule has 1 aliphatic heterocycles. The molecule has 2 amide bonds. The van der Waals surface area contributed by atoms with E-state index in [1.165, 1.54) is 6.42 Å². The molecule has 1 aliphatic rings. The number of benzene rings is 2. The highest BCUT2D eigenvalue weighted by Crippen LogP contribution is 2.18. The van der Waals surface area contributed by atoms with Crippen molar-refractivity contribution in [3.05, 3.63) is 60.2 Å². The third-order valence-corrected chi connectivity index (χ3v) is 5.28. The molecular formula is C23H29N3O2. The van der Waals surface area contributed by atoms with E-state index in [0.717, 1.165) is 42.9 Å². The van der Waals surface area contributed by atoms with Crippen LogP contribution in [0.3, 0.4) is 0 Å². The normalized spacial score (nSPS) is 13.9. The molecule has 0 atom stereocenters. The van der Waals surface area contributed by atoms with Crippen LogP contribution in [-0.4, -0.2) is 49.9 Å². The maximum absolute atomic E-state index is 12.9. The van der Waals surface area contributed by atoms with E-state index in [1.807, 2.05) is 71.3 Å². The number of carbonyl (C=O) groups is 2. The summed E-state index contributed by atoms with van der Waals surface area (Å²) in [5.74, 6) is 0.0497. The summed E-state index contributed by atoms with van der Waals surface area (Å²) in [5, 5.41) is 0. The Morgan fingerprint density at radius 2 is 1.50 bits per heavy atom. The zero-order valence-corrected chi connectivity index (χ0v) is 16.8. The maximum Gasteiger partial charge on any atom is 0.246 e. The molecule has 28 heavy (non-hydrogen) atoms. The fourth-order valence-corrected chi connectivity index (χ4v) is 3.47. The van der Waals surface area contributed by atoms with Crippen molar-refractivity contribution in [3.8, 4) is 0 Å². The molecule has 2 aromatic rings. The van der Waals surface area contributed by atoms with Gasteiger partial charge in [0.05, 0.1) is 13.1 Å². The third-order valence-electron chi connectivity index (χ3n) is 5.28. The molecule has 1 saturated heterocycles. The average Bonchev–Trinajstić information content (AvgIpc) is 2.74. The lowest BCUT2D eigenvalue weighted by Crippen LogP contribution is -2.46. The topological polar surface area (TPSA) is 43.9 Å². The Hall–Kier alpha value is -2.82. The predicted molar refractivity (Wildman–Crippen MR) is 114 cm³/mol. The lowest BCUT2D eigenvalue weighted by Gasteiger charge is -2.31. The minimum absolute atomic E-state index is 0.0433. The van der Waals surface area contributed by atoms with Gasteiger partial charge >= 0.3 is 0 Å². The Kier molecular flexibility index (Phi) is 6.69. The smallest absolute Gasteiger partial charge is 0.246 e. The summed E-state index contributed by atoms with van der Waals surface area (Å²) in [6.07, 6.45) is 3.31. The van der Waals surface area contributed by atoms with Crippen molar-refractivity contribution < 1.29 is 9.59 Å². The number of nitrogens with zero attached hydrogens (tertiary/aromatic N) is 3. The van der Waals surface area contributed by atoms with Crippen LogP contribution in [0.1, 0.15) is 24.8 Å². The molecule has 1 fully saturated rings. The second-order valence-electron chi connectivity index (χ2n) is 7.42. The number of carbonyl (C=O) groups excluding carboxylic acids is 2. The molecule has 3 rings (SSSR count). The zero-order chi connectivity index (χ0) is 19.9. The van der Waals surface area contributed by atoms with Crippen molar-refractivity contribution in [2.24, 2.45) is 0 Å². The van der Waals surface area contributed by atoms with Crippen LogP contribution >= 0.6 is 0 Å². The summed E-state index contributed by atoms with van der Waals surface area (Å²) in [7, 11) is 1.78. The first-order valence-corrected chi connectivity index (χ1v) is 9.95. The molecule has 0 aliphatic carbocycles.